The van der Waals surface area contributed by atoms with E-state index < -0.39 is 5.97 Å². The van der Waals surface area contributed by atoms with Crippen LogP contribution in [0.2, 0.25) is 0 Å². The Bertz CT molecular complexity index is 469. The van der Waals surface area contributed by atoms with Gasteiger partial charge < -0.3 is 10.0 Å². The smallest absolute Gasteiger partial charge is 0.308 e. The Morgan fingerprint density at radius 3 is 3.06 bits per heavy atom. The van der Waals surface area contributed by atoms with Crippen LogP contribution in [0.5, 0.6) is 0 Å². The zero-order valence-electron chi connectivity index (χ0n) is 10.0. The SMILES string of the molecule is Cc1ccc2c(c1)N1CC(C(=O)O)CC1CC2. The number of fused-ring (bicyclic) bond motifs is 3. The molecule has 0 radical (unpaired) electrons. The standard InChI is InChI=1S/C14H17NO2/c1-9-2-3-10-4-5-12-7-11(14(16)17)8-15(12)13(10)6-9/h2-3,6,11-12H,4-5,7-8H2,1H3,(H,16,17). The molecule has 3 rings (SSSR count). The Hall–Kier alpha value is -1.51. The highest BCUT2D eigenvalue weighted by molar-refractivity contribution is 5.73. The largest absolute Gasteiger partial charge is 0.481 e. The van der Waals surface area contributed by atoms with Gasteiger partial charge in [-0.3, -0.25) is 4.79 Å². The molecule has 1 saturated heterocycles. The molecular formula is C14H17NO2. The van der Waals surface area contributed by atoms with E-state index in [1.165, 1.54) is 16.8 Å². The average molecular weight is 231 g/mol. The second-order valence-electron chi connectivity index (χ2n) is 5.25. The summed E-state index contributed by atoms with van der Waals surface area (Å²) < 4.78 is 0. The fourth-order valence-corrected chi connectivity index (χ4v) is 3.14. The molecule has 0 aliphatic carbocycles. The number of carbonyl (C=O) groups is 1. The van der Waals surface area contributed by atoms with E-state index in [0.29, 0.717) is 12.6 Å². The van der Waals surface area contributed by atoms with Crippen molar-refractivity contribution >= 4 is 11.7 Å². The summed E-state index contributed by atoms with van der Waals surface area (Å²) in [5, 5.41) is 9.14. The van der Waals surface area contributed by atoms with E-state index in [9.17, 15) is 4.79 Å². The molecular weight excluding hydrogens is 214 g/mol. The summed E-state index contributed by atoms with van der Waals surface area (Å²) in [6.45, 7) is 2.77. The van der Waals surface area contributed by atoms with Crippen LogP contribution >= 0.6 is 0 Å². The summed E-state index contributed by atoms with van der Waals surface area (Å²) in [7, 11) is 0. The van der Waals surface area contributed by atoms with Gasteiger partial charge in [0.2, 0.25) is 0 Å². The molecule has 2 atom stereocenters. The van der Waals surface area contributed by atoms with E-state index >= 15 is 0 Å². The lowest BCUT2D eigenvalue weighted by Crippen LogP contribution is -2.34. The van der Waals surface area contributed by atoms with Gasteiger partial charge in [-0.2, -0.15) is 0 Å². The normalized spacial score (nSPS) is 26.5. The van der Waals surface area contributed by atoms with Crippen LogP contribution in [0.4, 0.5) is 5.69 Å². The monoisotopic (exact) mass is 231 g/mol. The number of anilines is 1. The first-order valence-corrected chi connectivity index (χ1v) is 6.24. The third-order valence-corrected chi connectivity index (χ3v) is 4.06. The van der Waals surface area contributed by atoms with E-state index in [0.717, 1.165) is 19.3 Å². The summed E-state index contributed by atoms with van der Waals surface area (Å²) in [6.07, 6.45) is 2.99. The highest BCUT2D eigenvalue weighted by atomic mass is 16.4. The number of aliphatic carboxylic acids is 1. The van der Waals surface area contributed by atoms with Crippen molar-refractivity contribution in [3.8, 4) is 0 Å². The van der Waals surface area contributed by atoms with Crippen molar-refractivity contribution in [3.63, 3.8) is 0 Å². The number of carboxylic acids is 1. The number of rotatable bonds is 1. The van der Waals surface area contributed by atoms with Gasteiger partial charge in [-0.15, -0.1) is 0 Å². The number of nitrogens with zero attached hydrogens (tertiary/aromatic N) is 1. The molecule has 17 heavy (non-hydrogen) atoms. The average Bonchev–Trinajstić information content (AvgIpc) is 2.73. The fraction of sp³-hybridized carbons (Fsp3) is 0.500. The Balaban J connectivity index is 1.95. The molecule has 2 heterocycles. The van der Waals surface area contributed by atoms with E-state index in [1.807, 2.05) is 0 Å². The molecule has 0 amide bonds. The molecule has 0 saturated carbocycles. The molecule has 1 N–H and O–H groups in total. The van der Waals surface area contributed by atoms with Crippen LogP contribution in [0.25, 0.3) is 0 Å². The van der Waals surface area contributed by atoms with Gasteiger partial charge in [-0.1, -0.05) is 12.1 Å². The highest BCUT2D eigenvalue weighted by Crippen LogP contribution is 2.38. The van der Waals surface area contributed by atoms with Gasteiger partial charge in [0.15, 0.2) is 0 Å². The summed E-state index contributed by atoms with van der Waals surface area (Å²) in [5.74, 6) is -0.833. The first-order chi connectivity index (χ1) is 8.15. The molecule has 1 aromatic rings. The van der Waals surface area contributed by atoms with Crippen LogP contribution in [0.1, 0.15) is 24.0 Å². The van der Waals surface area contributed by atoms with Gasteiger partial charge in [0.1, 0.15) is 0 Å². The van der Waals surface area contributed by atoms with Gasteiger partial charge in [0.25, 0.3) is 0 Å². The topological polar surface area (TPSA) is 40.5 Å². The number of hydrogen-bond donors (Lipinski definition) is 1. The number of benzene rings is 1. The zero-order chi connectivity index (χ0) is 12.0. The molecule has 2 aliphatic rings. The molecule has 90 valence electrons. The highest BCUT2D eigenvalue weighted by Gasteiger charge is 2.38. The Morgan fingerprint density at radius 2 is 2.29 bits per heavy atom. The van der Waals surface area contributed by atoms with Crippen molar-refractivity contribution in [3.05, 3.63) is 29.3 Å². The fourth-order valence-electron chi connectivity index (χ4n) is 3.14. The number of carboxylic acid groups (broad SMARTS) is 1. The third-order valence-electron chi connectivity index (χ3n) is 4.06. The maximum atomic E-state index is 11.1. The molecule has 0 spiro atoms. The van der Waals surface area contributed by atoms with Crippen LogP contribution in [-0.4, -0.2) is 23.7 Å². The minimum atomic E-state index is -0.645. The van der Waals surface area contributed by atoms with Crippen LogP contribution in [0, 0.1) is 12.8 Å². The maximum Gasteiger partial charge on any atom is 0.308 e. The van der Waals surface area contributed by atoms with Crippen molar-refractivity contribution in [2.75, 3.05) is 11.4 Å². The van der Waals surface area contributed by atoms with Crippen molar-refractivity contribution in [1.29, 1.82) is 0 Å². The lowest BCUT2D eigenvalue weighted by molar-refractivity contribution is -0.141. The minimum absolute atomic E-state index is 0.188. The van der Waals surface area contributed by atoms with Gasteiger partial charge in [-0.05, 0) is 43.4 Å². The summed E-state index contributed by atoms with van der Waals surface area (Å²) in [4.78, 5) is 13.4. The first-order valence-electron chi connectivity index (χ1n) is 6.24. The summed E-state index contributed by atoms with van der Waals surface area (Å²) >= 11 is 0. The van der Waals surface area contributed by atoms with Crippen LogP contribution in [-0.2, 0) is 11.2 Å². The van der Waals surface area contributed by atoms with Crippen LogP contribution in [0.3, 0.4) is 0 Å². The Kier molecular flexibility index (Phi) is 2.35. The molecule has 2 unspecified atom stereocenters. The second kappa shape index (κ2) is 3.76. The minimum Gasteiger partial charge on any atom is -0.481 e. The lowest BCUT2D eigenvalue weighted by Gasteiger charge is -2.33. The summed E-state index contributed by atoms with van der Waals surface area (Å²) in [6, 6.07) is 6.97. The third kappa shape index (κ3) is 1.70. The van der Waals surface area contributed by atoms with E-state index in [2.05, 4.69) is 30.0 Å². The Labute approximate surface area is 101 Å². The molecule has 0 bridgehead atoms. The van der Waals surface area contributed by atoms with Crippen molar-refractivity contribution < 1.29 is 9.90 Å². The van der Waals surface area contributed by atoms with Gasteiger partial charge in [0, 0.05) is 18.3 Å². The first kappa shape index (κ1) is 10.6. The zero-order valence-corrected chi connectivity index (χ0v) is 10.0. The van der Waals surface area contributed by atoms with Crippen LogP contribution in [0.15, 0.2) is 18.2 Å². The van der Waals surface area contributed by atoms with Gasteiger partial charge >= 0.3 is 5.97 Å². The molecule has 1 aromatic carbocycles. The summed E-state index contributed by atoms with van der Waals surface area (Å²) in [5.41, 5.74) is 3.89. The quantitative estimate of drug-likeness (QED) is 0.805. The molecule has 1 fully saturated rings. The second-order valence-corrected chi connectivity index (χ2v) is 5.25. The number of hydrogen-bond acceptors (Lipinski definition) is 2. The van der Waals surface area contributed by atoms with Crippen LogP contribution < -0.4 is 4.90 Å². The van der Waals surface area contributed by atoms with E-state index in [4.69, 9.17) is 5.11 Å². The van der Waals surface area contributed by atoms with E-state index in [1.54, 1.807) is 0 Å². The predicted octanol–water partition coefficient (Wildman–Crippen LogP) is 2.22. The molecule has 3 nitrogen and oxygen atoms in total. The predicted molar refractivity (Wildman–Crippen MR) is 66.4 cm³/mol. The van der Waals surface area contributed by atoms with Gasteiger partial charge in [-0.25, -0.2) is 0 Å². The molecule has 0 aromatic heterocycles. The van der Waals surface area contributed by atoms with E-state index in [-0.39, 0.29) is 5.92 Å². The Morgan fingerprint density at radius 1 is 1.47 bits per heavy atom. The van der Waals surface area contributed by atoms with Crippen molar-refractivity contribution in [1.82, 2.24) is 0 Å². The lowest BCUT2D eigenvalue weighted by atomic mass is 9.94. The van der Waals surface area contributed by atoms with Crippen molar-refractivity contribution in [2.45, 2.75) is 32.2 Å². The molecule has 2 aliphatic heterocycles. The van der Waals surface area contributed by atoms with Crippen molar-refractivity contribution in [2.24, 2.45) is 5.92 Å². The molecule has 3 heteroatoms. The number of aryl methyl sites for hydroxylation is 2. The van der Waals surface area contributed by atoms with Gasteiger partial charge in [0.05, 0.1) is 5.92 Å². The maximum absolute atomic E-state index is 11.1.